The molecule has 1 atom stereocenters. The predicted molar refractivity (Wildman–Crippen MR) is 57.3 cm³/mol. The van der Waals surface area contributed by atoms with E-state index < -0.39 is 0 Å². The largest absolute Gasteiger partial charge is 0.383 e. The van der Waals surface area contributed by atoms with Crippen LogP contribution in [0.25, 0.3) is 0 Å². The minimum atomic E-state index is 0.439. The van der Waals surface area contributed by atoms with Crippen molar-refractivity contribution in [3.63, 3.8) is 0 Å². The Kier molecular flexibility index (Phi) is 4.42. The first kappa shape index (κ1) is 10.7. The highest BCUT2D eigenvalue weighted by Crippen LogP contribution is 2.21. The minimum absolute atomic E-state index is 0.439. The number of hydrogen-bond donors (Lipinski definition) is 1. The quantitative estimate of drug-likeness (QED) is 0.735. The predicted octanol–water partition coefficient (Wildman–Crippen LogP) is 2.35. The monoisotopic (exact) mass is 199 g/mol. The normalized spacial score (nSPS) is 13.2. The Morgan fingerprint density at radius 1 is 1.54 bits per heavy atom. The van der Waals surface area contributed by atoms with Crippen molar-refractivity contribution in [3.05, 3.63) is 21.9 Å². The van der Waals surface area contributed by atoms with E-state index in [1.54, 1.807) is 7.11 Å². The lowest BCUT2D eigenvalue weighted by molar-refractivity contribution is 0.196. The van der Waals surface area contributed by atoms with Crippen molar-refractivity contribution in [2.24, 2.45) is 0 Å². The smallest absolute Gasteiger partial charge is 0.0587 e. The summed E-state index contributed by atoms with van der Waals surface area (Å²) in [6.07, 6.45) is 0. The van der Waals surface area contributed by atoms with E-state index >= 15 is 0 Å². The highest BCUT2D eigenvalue weighted by molar-refractivity contribution is 7.12. The van der Waals surface area contributed by atoms with Crippen LogP contribution in [0.15, 0.2) is 12.1 Å². The van der Waals surface area contributed by atoms with Gasteiger partial charge in [-0.2, -0.15) is 0 Å². The summed E-state index contributed by atoms with van der Waals surface area (Å²) < 4.78 is 4.97. The van der Waals surface area contributed by atoms with Crippen LogP contribution >= 0.6 is 11.3 Å². The Morgan fingerprint density at radius 2 is 2.31 bits per heavy atom. The second-order valence-corrected chi connectivity index (χ2v) is 4.44. The van der Waals surface area contributed by atoms with Crippen molar-refractivity contribution >= 4 is 11.3 Å². The van der Waals surface area contributed by atoms with Gasteiger partial charge in [0.1, 0.15) is 0 Å². The minimum Gasteiger partial charge on any atom is -0.383 e. The lowest BCUT2D eigenvalue weighted by atomic mass is 10.3. The fourth-order valence-corrected chi connectivity index (χ4v) is 2.07. The van der Waals surface area contributed by atoms with E-state index in [0.717, 1.165) is 13.2 Å². The maximum atomic E-state index is 4.97. The van der Waals surface area contributed by atoms with Gasteiger partial charge in [-0.15, -0.1) is 11.3 Å². The van der Waals surface area contributed by atoms with Crippen molar-refractivity contribution in [1.82, 2.24) is 5.32 Å². The Labute approximate surface area is 83.9 Å². The van der Waals surface area contributed by atoms with Crippen LogP contribution in [0.2, 0.25) is 0 Å². The Bertz CT molecular complexity index is 247. The molecule has 0 aliphatic heterocycles. The van der Waals surface area contributed by atoms with E-state index in [2.05, 4.69) is 31.3 Å². The molecule has 0 aliphatic rings. The highest BCUT2D eigenvalue weighted by Gasteiger charge is 2.05. The number of nitrogens with one attached hydrogen (secondary N) is 1. The lowest BCUT2D eigenvalue weighted by Gasteiger charge is -2.10. The molecule has 1 heterocycles. The molecular formula is C10H17NOS. The summed E-state index contributed by atoms with van der Waals surface area (Å²) in [4.78, 5) is 2.77. The van der Waals surface area contributed by atoms with E-state index in [1.165, 1.54) is 9.75 Å². The van der Waals surface area contributed by atoms with Crippen LogP contribution in [0, 0.1) is 6.92 Å². The SMILES string of the molecule is COCCNC(C)c1ccc(C)s1. The number of ether oxygens (including phenoxy) is 1. The molecule has 1 rings (SSSR count). The molecule has 1 aromatic rings. The third-order valence-electron chi connectivity index (χ3n) is 1.94. The van der Waals surface area contributed by atoms with Crippen LogP contribution in [0.4, 0.5) is 0 Å². The van der Waals surface area contributed by atoms with E-state index in [9.17, 15) is 0 Å². The molecule has 0 bridgehead atoms. The van der Waals surface area contributed by atoms with Gasteiger partial charge in [0.2, 0.25) is 0 Å². The number of thiophene rings is 1. The molecular weight excluding hydrogens is 182 g/mol. The summed E-state index contributed by atoms with van der Waals surface area (Å²) in [5.41, 5.74) is 0. The van der Waals surface area contributed by atoms with Crippen LogP contribution in [0.5, 0.6) is 0 Å². The molecule has 0 aromatic carbocycles. The molecule has 0 aliphatic carbocycles. The van der Waals surface area contributed by atoms with Crippen LogP contribution in [0.1, 0.15) is 22.7 Å². The van der Waals surface area contributed by atoms with Crippen LogP contribution in [0.3, 0.4) is 0 Å². The highest BCUT2D eigenvalue weighted by atomic mass is 32.1. The van der Waals surface area contributed by atoms with Crippen LogP contribution in [-0.2, 0) is 4.74 Å². The van der Waals surface area contributed by atoms with E-state index in [4.69, 9.17) is 4.74 Å². The summed E-state index contributed by atoms with van der Waals surface area (Å²) in [5.74, 6) is 0. The third kappa shape index (κ3) is 3.46. The summed E-state index contributed by atoms with van der Waals surface area (Å²) in [5, 5.41) is 3.40. The zero-order chi connectivity index (χ0) is 9.68. The fraction of sp³-hybridized carbons (Fsp3) is 0.600. The molecule has 13 heavy (non-hydrogen) atoms. The van der Waals surface area contributed by atoms with Gasteiger partial charge in [0.25, 0.3) is 0 Å². The molecule has 0 amide bonds. The first-order valence-corrected chi connectivity index (χ1v) is 5.34. The summed E-state index contributed by atoms with van der Waals surface area (Å²) in [6.45, 7) is 6.00. The number of rotatable bonds is 5. The van der Waals surface area contributed by atoms with Gasteiger partial charge in [-0.25, -0.2) is 0 Å². The topological polar surface area (TPSA) is 21.3 Å². The molecule has 0 fully saturated rings. The number of hydrogen-bond acceptors (Lipinski definition) is 3. The van der Waals surface area contributed by atoms with Crippen molar-refractivity contribution in [2.75, 3.05) is 20.3 Å². The van der Waals surface area contributed by atoms with Gasteiger partial charge in [-0.3, -0.25) is 0 Å². The van der Waals surface area contributed by atoms with Gasteiger partial charge >= 0.3 is 0 Å². The summed E-state index contributed by atoms with van der Waals surface area (Å²) in [7, 11) is 1.72. The van der Waals surface area contributed by atoms with E-state index in [0.29, 0.717) is 6.04 Å². The second-order valence-electron chi connectivity index (χ2n) is 3.12. The first-order valence-electron chi connectivity index (χ1n) is 4.52. The van der Waals surface area contributed by atoms with E-state index in [-0.39, 0.29) is 0 Å². The molecule has 2 nitrogen and oxygen atoms in total. The van der Waals surface area contributed by atoms with Gasteiger partial charge in [0.05, 0.1) is 6.61 Å². The summed E-state index contributed by atoms with van der Waals surface area (Å²) >= 11 is 1.85. The molecule has 1 aromatic heterocycles. The van der Waals surface area contributed by atoms with Crippen molar-refractivity contribution < 1.29 is 4.74 Å². The van der Waals surface area contributed by atoms with Crippen molar-refractivity contribution in [1.29, 1.82) is 0 Å². The number of aryl methyl sites for hydroxylation is 1. The molecule has 74 valence electrons. The Balaban J connectivity index is 2.35. The molecule has 3 heteroatoms. The average molecular weight is 199 g/mol. The van der Waals surface area contributed by atoms with Crippen molar-refractivity contribution in [2.45, 2.75) is 19.9 Å². The van der Waals surface area contributed by atoms with Gasteiger partial charge in [-0.1, -0.05) is 0 Å². The Morgan fingerprint density at radius 3 is 2.85 bits per heavy atom. The maximum absolute atomic E-state index is 4.97. The molecule has 0 spiro atoms. The van der Waals surface area contributed by atoms with Gasteiger partial charge in [-0.05, 0) is 26.0 Å². The summed E-state index contributed by atoms with van der Waals surface area (Å²) in [6, 6.07) is 4.78. The van der Waals surface area contributed by atoms with Gasteiger partial charge in [0.15, 0.2) is 0 Å². The fourth-order valence-electron chi connectivity index (χ4n) is 1.16. The van der Waals surface area contributed by atoms with Gasteiger partial charge in [0, 0.05) is 29.5 Å². The zero-order valence-corrected chi connectivity index (χ0v) is 9.28. The first-order chi connectivity index (χ1) is 6.24. The molecule has 0 radical (unpaired) electrons. The molecule has 1 N–H and O–H groups in total. The number of methoxy groups -OCH3 is 1. The second kappa shape index (κ2) is 5.37. The standard InChI is InChI=1S/C10H17NOS/c1-8-4-5-10(13-8)9(2)11-6-7-12-3/h4-5,9,11H,6-7H2,1-3H3. The lowest BCUT2D eigenvalue weighted by Crippen LogP contribution is -2.22. The molecule has 0 saturated carbocycles. The third-order valence-corrected chi connectivity index (χ3v) is 3.13. The molecule has 1 unspecified atom stereocenters. The van der Waals surface area contributed by atoms with Crippen LogP contribution < -0.4 is 5.32 Å². The maximum Gasteiger partial charge on any atom is 0.0587 e. The van der Waals surface area contributed by atoms with Gasteiger partial charge < -0.3 is 10.1 Å². The Hall–Kier alpha value is -0.380. The van der Waals surface area contributed by atoms with Crippen LogP contribution in [-0.4, -0.2) is 20.3 Å². The van der Waals surface area contributed by atoms with E-state index in [1.807, 2.05) is 11.3 Å². The molecule has 0 saturated heterocycles. The average Bonchev–Trinajstić information content (AvgIpc) is 2.52. The zero-order valence-electron chi connectivity index (χ0n) is 8.46. The van der Waals surface area contributed by atoms with Crippen molar-refractivity contribution in [3.8, 4) is 0 Å².